The van der Waals surface area contributed by atoms with Crippen LogP contribution in [0.15, 0.2) is 23.8 Å². The Morgan fingerprint density at radius 3 is 2.65 bits per heavy atom. The number of hydrogen-bond donors (Lipinski definition) is 1. The third kappa shape index (κ3) is 2.22. The Balaban J connectivity index is 1.64. The van der Waals surface area contributed by atoms with Gasteiger partial charge < -0.3 is 14.6 Å². The number of epoxide rings is 1. The summed E-state index contributed by atoms with van der Waals surface area (Å²) in [5.41, 5.74) is -3.12. The van der Waals surface area contributed by atoms with E-state index in [1.165, 1.54) is 19.1 Å². The number of fused-ring (bicyclic) bond motifs is 3. The van der Waals surface area contributed by atoms with Crippen molar-refractivity contribution >= 4 is 17.5 Å². The molecular weight excluding hydrogens is 403 g/mol. The number of Topliss-reactive ketones (excluding diaryl/α,β-unsaturated/α-hetero) is 1. The third-order valence-corrected chi connectivity index (χ3v) is 9.32. The first-order valence-corrected chi connectivity index (χ1v) is 11.1. The largest absolute Gasteiger partial charge is 0.450 e. The number of rotatable bonds is 3. The van der Waals surface area contributed by atoms with Gasteiger partial charge >= 0.3 is 5.97 Å². The number of ketones is 2. The second-order valence-corrected chi connectivity index (χ2v) is 10.5. The van der Waals surface area contributed by atoms with Gasteiger partial charge in [0.05, 0.1) is 6.10 Å². The minimum absolute atomic E-state index is 0.126. The number of halogens is 1. The quantitative estimate of drug-likeness (QED) is 0.544. The number of aliphatic hydroxyl groups is 1. The summed E-state index contributed by atoms with van der Waals surface area (Å²) in [6.07, 6.45) is 4.42. The van der Waals surface area contributed by atoms with Crippen LogP contribution in [0.4, 0.5) is 4.39 Å². The predicted octanol–water partition coefficient (Wildman–Crippen LogP) is 2.48. The highest BCUT2D eigenvalue weighted by Gasteiger charge is 2.83. The van der Waals surface area contributed by atoms with Gasteiger partial charge in [0.1, 0.15) is 18.4 Å². The lowest BCUT2D eigenvalue weighted by molar-refractivity contribution is -0.192. The molecule has 0 aromatic rings. The van der Waals surface area contributed by atoms with Crippen molar-refractivity contribution in [2.24, 2.45) is 28.6 Å². The number of carbonyl (C=O) groups excluding carboxylic acids is 3. The van der Waals surface area contributed by atoms with Crippen LogP contribution in [0.2, 0.25) is 0 Å². The number of alkyl halides is 1. The zero-order chi connectivity index (χ0) is 22.6. The average molecular weight is 432 g/mol. The first-order valence-electron chi connectivity index (χ1n) is 11.1. The molecule has 4 aliphatic carbocycles. The topological polar surface area (TPSA) is 93.2 Å². The molecule has 31 heavy (non-hydrogen) atoms. The van der Waals surface area contributed by atoms with Crippen molar-refractivity contribution in [2.45, 2.75) is 70.4 Å². The van der Waals surface area contributed by atoms with Crippen LogP contribution in [0.5, 0.6) is 0 Å². The summed E-state index contributed by atoms with van der Waals surface area (Å²) in [7, 11) is 0. The SMILES string of the molecule is CC(=O)O[C@]1(C(=O)CO)[C@@H](C)C[C@H]2[C@@H]3C[C@H](F)C4=CC(=O)C=C[C@]4(C)[C@@]34O[C@H]4C[C@@]21C. The van der Waals surface area contributed by atoms with Crippen LogP contribution in [0.3, 0.4) is 0 Å². The van der Waals surface area contributed by atoms with Gasteiger partial charge in [0.25, 0.3) is 0 Å². The van der Waals surface area contributed by atoms with Crippen molar-refractivity contribution in [1.29, 1.82) is 0 Å². The van der Waals surface area contributed by atoms with E-state index in [-0.39, 0.29) is 36.1 Å². The standard InChI is InChI=1S/C24H29FO6/c1-12-7-15-16-9-18(25)17-8-14(28)5-6-21(17,3)24(16)20(31-24)10-22(15,4)23(12,19(29)11-26)30-13(2)27/h5-6,8,12,15-16,18,20,26H,7,9-11H2,1-4H3/t12-,15-,16-,18-,20-,21-,22-,23-,24+/m0/s1. The summed E-state index contributed by atoms with van der Waals surface area (Å²) >= 11 is 0. The second kappa shape index (κ2) is 6.13. The molecule has 1 N–H and O–H groups in total. The molecule has 0 aromatic carbocycles. The van der Waals surface area contributed by atoms with E-state index in [0.717, 1.165) is 0 Å². The van der Waals surface area contributed by atoms with Crippen LogP contribution >= 0.6 is 0 Å². The maximum atomic E-state index is 15.5. The lowest BCUT2D eigenvalue weighted by Crippen LogP contribution is -2.64. The van der Waals surface area contributed by atoms with E-state index in [4.69, 9.17) is 9.47 Å². The number of aliphatic hydroxyl groups excluding tert-OH is 1. The molecule has 5 rings (SSSR count). The van der Waals surface area contributed by atoms with E-state index in [0.29, 0.717) is 18.4 Å². The molecule has 3 saturated carbocycles. The van der Waals surface area contributed by atoms with Crippen LogP contribution in [0.25, 0.3) is 0 Å². The molecule has 9 atom stereocenters. The molecule has 0 bridgehead atoms. The van der Waals surface area contributed by atoms with Gasteiger partial charge in [-0.2, -0.15) is 0 Å². The van der Waals surface area contributed by atoms with Gasteiger partial charge in [-0.3, -0.25) is 14.4 Å². The molecular formula is C24H29FO6. The minimum atomic E-state index is -1.46. The van der Waals surface area contributed by atoms with Crippen molar-refractivity contribution in [1.82, 2.24) is 0 Å². The van der Waals surface area contributed by atoms with E-state index in [1.807, 2.05) is 20.8 Å². The van der Waals surface area contributed by atoms with Crippen LogP contribution in [0, 0.1) is 28.6 Å². The molecule has 1 aliphatic heterocycles. The van der Waals surface area contributed by atoms with Crippen molar-refractivity contribution in [3.8, 4) is 0 Å². The zero-order valence-corrected chi connectivity index (χ0v) is 18.3. The highest BCUT2D eigenvalue weighted by atomic mass is 19.1. The van der Waals surface area contributed by atoms with Crippen LogP contribution in [-0.2, 0) is 23.9 Å². The summed E-state index contributed by atoms with van der Waals surface area (Å²) in [5, 5.41) is 9.78. The number of hydrogen-bond acceptors (Lipinski definition) is 6. The molecule has 168 valence electrons. The lowest BCUT2D eigenvalue weighted by Gasteiger charge is -2.56. The molecule has 6 nitrogen and oxygen atoms in total. The summed E-state index contributed by atoms with van der Waals surface area (Å²) in [6.45, 7) is 6.31. The average Bonchev–Trinajstić information content (AvgIpc) is 3.38. The molecule has 1 spiro atoms. The second-order valence-electron chi connectivity index (χ2n) is 10.5. The molecule has 0 amide bonds. The fourth-order valence-electron chi connectivity index (χ4n) is 8.17. The predicted molar refractivity (Wildman–Crippen MR) is 108 cm³/mol. The maximum absolute atomic E-state index is 15.5. The van der Waals surface area contributed by atoms with E-state index in [9.17, 15) is 19.5 Å². The molecule has 7 heteroatoms. The Kier molecular flexibility index (Phi) is 4.16. The summed E-state index contributed by atoms with van der Waals surface area (Å²) in [6, 6.07) is 0. The van der Waals surface area contributed by atoms with Crippen molar-refractivity contribution < 1.29 is 33.4 Å². The van der Waals surface area contributed by atoms with E-state index < -0.39 is 46.6 Å². The van der Waals surface area contributed by atoms with Gasteiger partial charge in [0, 0.05) is 23.7 Å². The molecule has 0 radical (unpaired) electrons. The Labute approximate surface area is 180 Å². The fourth-order valence-corrected chi connectivity index (χ4v) is 8.17. The zero-order valence-electron chi connectivity index (χ0n) is 18.3. The number of ether oxygens (including phenoxy) is 2. The van der Waals surface area contributed by atoms with Crippen molar-refractivity contribution in [2.75, 3.05) is 6.61 Å². The van der Waals surface area contributed by atoms with Gasteiger partial charge in [0.15, 0.2) is 11.4 Å². The summed E-state index contributed by atoms with van der Waals surface area (Å²) in [5.74, 6) is -1.92. The Morgan fingerprint density at radius 1 is 1.29 bits per heavy atom. The van der Waals surface area contributed by atoms with Gasteiger partial charge in [-0.1, -0.05) is 19.9 Å². The third-order valence-electron chi connectivity index (χ3n) is 9.32. The number of allylic oxidation sites excluding steroid dienone is 2. The number of carbonyl (C=O) groups is 3. The lowest BCUT2D eigenvalue weighted by atomic mass is 9.46. The molecule has 0 unspecified atom stereocenters. The van der Waals surface area contributed by atoms with E-state index in [1.54, 1.807) is 6.08 Å². The first kappa shape index (κ1) is 21.0. The van der Waals surface area contributed by atoms with Crippen LogP contribution < -0.4 is 0 Å². The highest BCUT2D eigenvalue weighted by Crippen LogP contribution is 2.77. The van der Waals surface area contributed by atoms with E-state index >= 15 is 4.39 Å². The van der Waals surface area contributed by atoms with Gasteiger partial charge in [0.2, 0.25) is 5.78 Å². The Morgan fingerprint density at radius 2 is 2.00 bits per heavy atom. The normalized spacial score (nSPS) is 51.7. The van der Waals surface area contributed by atoms with E-state index in [2.05, 4.69) is 0 Å². The van der Waals surface area contributed by atoms with Crippen LogP contribution in [-0.4, -0.2) is 52.7 Å². The molecule has 1 heterocycles. The smallest absolute Gasteiger partial charge is 0.303 e. The number of esters is 1. The van der Waals surface area contributed by atoms with Gasteiger partial charge in [-0.15, -0.1) is 0 Å². The first-order chi connectivity index (χ1) is 14.5. The van der Waals surface area contributed by atoms with Crippen molar-refractivity contribution in [3.05, 3.63) is 23.8 Å². The van der Waals surface area contributed by atoms with Crippen LogP contribution in [0.1, 0.15) is 47.0 Å². The minimum Gasteiger partial charge on any atom is -0.450 e. The Bertz CT molecular complexity index is 956. The van der Waals surface area contributed by atoms with Gasteiger partial charge in [-0.05, 0) is 55.7 Å². The Hall–Kier alpha value is -1.86. The summed E-state index contributed by atoms with van der Waals surface area (Å²) in [4.78, 5) is 37.2. The van der Waals surface area contributed by atoms with Crippen molar-refractivity contribution in [3.63, 3.8) is 0 Å². The van der Waals surface area contributed by atoms with Gasteiger partial charge in [-0.25, -0.2) is 4.39 Å². The fraction of sp³-hybridized carbons (Fsp3) is 0.708. The maximum Gasteiger partial charge on any atom is 0.303 e. The summed E-state index contributed by atoms with van der Waals surface area (Å²) < 4.78 is 27.7. The monoisotopic (exact) mass is 432 g/mol. The highest BCUT2D eigenvalue weighted by molar-refractivity contribution is 6.01. The molecule has 1 saturated heterocycles. The molecule has 0 aromatic heterocycles. The molecule has 4 fully saturated rings. The molecule has 5 aliphatic rings.